The number of amides is 1. The van der Waals surface area contributed by atoms with Crippen molar-refractivity contribution < 1.29 is 9.53 Å². The second-order valence-corrected chi connectivity index (χ2v) is 6.99. The Morgan fingerprint density at radius 3 is 2.58 bits per heavy atom. The standard InChI is InChI=1S/C13H20IN3O2/c1-13(2,3)19-12(18)17-6-4-9(5-7-17)10-8-11(14)16-15-10/h8-9H,4-7H2,1-3H3,(H,15,16). The van der Waals surface area contributed by atoms with Crippen LogP contribution >= 0.6 is 22.6 Å². The highest BCUT2D eigenvalue weighted by Gasteiger charge is 2.28. The number of hydrogen-bond donors (Lipinski definition) is 1. The fourth-order valence-corrected chi connectivity index (χ4v) is 2.68. The van der Waals surface area contributed by atoms with Gasteiger partial charge in [-0.15, -0.1) is 0 Å². The fourth-order valence-electron chi connectivity index (χ4n) is 2.22. The third kappa shape index (κ3) is 4.09. The number of nitrogens with zero attached hydrogens (tertiary/aromatic N) is 2. The molecule has 1 aromatic heterocycles. The summed E-state index contributed by atoms with van der Waals surface area (Å²) in [6.45, 7) is 7.17. The van der Waals surface area contributed by atoms with Gasteiger partial charge in [-0.2, -0.15) is 5.10 Å². The Balaban J connectivity index is 1.87. The molecule has 0 saturated carbocycles. The highest BCUT2D eigenvalue weighted by atomic mass is 127. The Bertz CT molecular complexity index is 445. The highest BCUT2D eigenvalue weighted by molar-refractivity contribution is 14.1. The molecule has 5 nitrogen and oxygen atoms in total. The van der Waals surface area contributed by atoms with Gasteiger partial charge in [0.1, 0.15) is 9.30 Å². The molecule has 0 spiro atoms. The van der Waals surface area contributed by atoms with Crippen LogP contribution in [0.1, 0.15) is 45.2 Å². The van der Waals surface area contributed by atoms with Gasteiger partial charge in [0.05, 0.1) is 0 Å². The van der Waals surface area contributed by atoms with E-state index < -0.39 is 5.60 Å². The van der Waals surface area contributed by atoms with Crippen LogP contribution in [-0.2, 0) is 4.74 Å². The number of aromatic nitrogens is 2. The molecule has 0 radical (unpaired) electrons. The van der Waals surface area contributed by atoms with Gasteiger partial charge in [-0.1, -0.05) is 0 Å². The zero-order valence-electron chi connectivity index (χ0n) is 11.6. The largest absolute Gasteiger partial charge is 0.444 e. The quantitative estimate of drug-likeness (QED) is 0.766. The van der Waals surface area contributed by atoms with Crippen LogP contribution in [-0.4, -0.2) is 39.9 Å². The van der Waals surface area contributed by atoms with Gasteiger partial charge in [-0.05, 0) is 62.3 Å². The minimum absolute atomic E-state index is 0.204. The van der Waals surface area contributed by atoms with Crippen LogP contribution in [0.3, 0.4) is 0 Å². The third-order valence-electron chi connectivity index (χ3n) is 3.15. The topological polar surface area (TPSA) is 58.2 Å². The summed E-state index contributed by atoms with van der Waals surface area (Å²) in [6.07, 6.45) is 1.71. The summed E-state index contributed by atoms with van der Waals surface area (Å²) in [5.74, 6) is 0.467. The smallest absolute Gasteiger partial charge is 0.410 e. The number of hydrogen-bond acceptors (Lipinski definition) is 3. The van der Waals surface area contributed by atoms with Crippen LogP contribution in [0.4, 0.5) is 4.79 Å². The average molecular weight is 377 g/mol. The number of piperidine rings is 1. The van der Waals surface area contributed by atoms with Crippen molar-refractivity contribution in [3.8, 4) is 0 Å². The molecule has 6 heteroatoms. The predicted molar refractivity (Wildman–Crippen MR) is 81.1 cm³/mol. The summed E-state index contributed by atoms with van der Waals surface area (Å²) in [5.41, 5.74) is 0.751. The molecule has 0 aromatic carbocycles. The summed E-state index contributed by atoms with van der Waals surface area (Å²) < 4.78 is 6.38. The molecule has 2 heterocycles. The van der Waals surface area contributed by atoms with E-state index in [0.717, 1.165) is 29.6 Å². The van der Waals surface area contributed by atoms with Gasteiger partial charge in [0, 0.05) is 24.7 Å². The first-order valence-electron chi connectivity index (χ1n) is 6.54. The number of nitrogens with one attached hydrogen (secondary N) is 1. The minimum Gasteiger partial charge on any atom is -0.444 e. The van der Waals surface area contributed by atoms with Gasteiger partial charge in [0.2, 0.25) is 0 Å². The molecule has 1 amide bonds. The van der Waals surface area contributed by atoms with Gasteiger partial charge in [0.15, 0.2) is 0 Å². The third-order valence-corrected chi connectivity index (χ3v) is 3.71. The van der Waals surface area contributed by atoms with E-state index in [-0.39, 0.29) is 6.09 Å². The first-order chi connectivity index (χ1) is 8.85. The van der Waals surface area contributed by atoms with Crippen molar-refractivity contribution in [1.29, 1.82) is 0 Å². The van der Waals surface area contributed by atoms with Crippen molar-refractivity contribution >= 4 is 28.7 Å². The molecule has 0 bridgehead atoms. The molecule has 1 fully saturated rings. The van der Waals surface area contributed by atoms with E-state index >= 15 is 0 Å². The predicted octanol–water partition coefficient (Wildman–Crippen LogP) is 3.13. The first kappa shape index (κ1) is 14.6. The van der Waals surface area contributed by atoms with Crippen molar-refractivity contribution in [2.75, 3.05) is 13.1 Å². The fraction of sp³-hybridized carbons (Fsp3) is 0.692. The summed E-state index contributed by atoms with van der Waals surface area (Å²) >= 11 is 2.20. The van der Waals surface area contributed by atoms with Crippen molar-refractivity contribution in [1.82, 2.24) is 15.1 Å². The Labute approximate surface area is 127 Å². The lowest BCUT2D eigenvalue weighted by Gasteiger charge is -2.33. The highest BCUT2D eigenvalue weighted by Crippen LogP contribution is 2.28. The van der Waals surface area contributed by atoms with Crippen molar-refractivity contribution in [2.45, 2.75) is 45.1 Å². The summed E-state index contributed by atoms with van der Waals surface area (Å²) in [4.78, 5) is 13.7. The molecule has 106 valence electrons. The monoisotopic (exact) mass is 377 g/mol. The van der Waals surface area contributed by atoms with E-state index in [1.54, 1.807) is 4.90 Å². The molecule has 1 N–H and O–H groups in total. The van der Waals surface area contributed by atoms with Crippen LogP contribution in [0.2, 0.25) is 0 Å². The number of carbonyl (C=O) groups is 1. The molecular formula is C13H20IN3O2. The minimum atomic E-state index is -0.423. The Kier molecular flexibility index (Phi) is 4.37. The number of carbonyl (C=O) groups excluding carboxylic acids is 1. The average Bonchev–Trinajstić information content (AvgIpc) is 2.74. The van der Waals surface area contributed by atoms with E-state index in [0.29, 0.717) is 5.92 Å². The lowest BCUT2D eigenvalue weighted by Crippen LogP contribution is -2.41. The van der Waals surface area contributed by atoms with Gasteiger partial charge in [-0.3, -0.25) is 5.10 Å². The Morgan fingerprint density at radius 2 is 2.11 bits per heavy atom. The lowest BCUT2D eigenvalue weighted by atomic mass is 9.94. The van der Waals surface area contributed by atoms with E-state index in [1.807, 2.05) is 20.8 Å². The normalized spacial score (nSPS) is 17.6. The Hall–Kier alpha value is -0.790. The van der Waals surface area contributed by atoms with Gasteiger partial charge >= 0.3 is 6.09 Å². The number of halogens is 1. The number of ether oxygens (including phenoxy) is 1. The van der Waals surface area contributed by atoms with Crippen LogP contribution in [0.25, 0.3) is 0 Å². The number of aromatic amines is 1. The van der Waals surface area contributed by atoms with Crippen LogP contribution in [0.15, 0.2) is 6.07 Å². The van der Waals surface area contributed by atoms with Crippen molar-refractivity contribution in [3.05, 3.63) is 15.5 Å². The maximum atomic E-state index is 11.9. The second kappa shape index (κ2) is 5.68. The van der Waals surface area contributed by atoms with Crippen molar-refractivity contribution in [2.24, 2.45) is 0 Å². The van der Waals surface area contributed by atoms with E-state index in [1.165, 1.54) is 5.69 Å². The number of likely N-dealkylation sites (tertiary alicyclic amines) is 1. The zero-order chi connectivity index (χ0) is 14.0. The molecule has 0 atom stereocenters. The summed E-state index contributed by atoms with van der Waals surface area (Å²) in [7, 11) is 0. The second-order valence-electron chi connectivity index (χ2n) is 5.89. The van der Waals surface area contributed by atoms with Crippen LogP contribution in [0, 0.1) is 3.70 Å². The molecule has 1 saturated heterocycles. The molecule has 19 heavy (non-hydrogen) atoms. The van der Waals surface area contributed by atoms with E-state index in [4.69, 9.17) is 4.74 Å². The maximum absolute atomic E-state index is 11.9. The van der Waals surface area contributed by atoms with Crippen molar-refractivity contribution in [3.63, 3.8) is 0 Å². The molecule has 0 aliphatic carbocycles. The van der Waals surface area contributed by atoms with Gasteiger partial charge < -0.3 is 9.64 Å². The summed E-state index contributed by atoms with van der Waals surface area (Å²) in [6, 6.07) is 2.08. The maximum Gasteiger partial charge on any atom is 0.410 e. The molecular weight excluding hydrogens is 357 g/mol. The van der Waals surface area contributed by atoms with E-state index in [2.05, 4.69) is 38.9 Å². The molecule has 1 aliphatic rings. The summed E-state index contributed by atoms with van der Waals surface area (Å²) in [5, 5.41) is 7.22. The molecule has 0 unspecified atom stereocenters. The molecule has 2 rings (SSSR count). The number of rotatable bonds is 1. The molecule has 1 aromatic rings. The van der Waals surface area contributed by atoms with Gasteiger partial charge in [0.25, 0.3) is 0 Å². The van der Waals surface area contributed by atoms with Crippen LogP contribution < -0.4 is 0 Å². The van der Waals surface area contributed by atoms with E-state index in [9.17, 15) is 4.79 Å². The lowest BCUT2D eigenvalue weighted by molar-refractivity contribution is 0.0204. The first-order valence-corrected chi connectivity index (χ1v) is 7.62. The van der Waals surface area contributed by atoms with Crippen LogP contribution in [0.5, 0.6) is 0 Å². The zero-order valence-corrected chi connectivity index (χ0v) is 13.7. The van der Waals surface area contributed by atoms with Gasteiger partial charge in [-0.25, -0.2) is 4.79 Å². The number of H-pyrrole nitrogens is 1. The SMILES string of the molecule is CC(C)(C)OC(=O)N1CCC(c2cc(I)n[nH]2)CC1. The Morgan fingerprint density at radius 1 is 1.47 bits per heavy atom. The molecule has 1 aliphatic heterocycles.